The van der Waals surface area contributed by atoms with Crippen LogP contribution in [0.2, 0.25) is 0 Å². The maximum Gasteiger partial charge on any atom is 0.131 e. The van der Waals surface area contributed by atoms with Crippen LogP contribution in [0.5, 0.6) is 0 Å². The molecule has 0 saturated heterocycles. The van der Waals surface area contributed by atoms with Crippen molar-refractivity contribution in [2.45, 2.75) is 19.9 Å². The van der Waals surface area contributed by atoms with Gasteiger partial charge in [-0.2, -0.15) is 11.3 Å². The molecule has 90 valence electrons. The molecule has 0 saturated carbocycles. The van der Waals surface area contributed by atoms with Gasteiger partial charge in [-0.05, 0) is 41.4 Å². The molecule has 1 nitrogen and oxygen atoms in total. The van der Waals surface area contributed by atoms with Gasteiger partial charge < -0.3 is 5.32 Å². The van der Waals surface area contributed by atoms with E-state index in [0.29, 0.717) is 5.56 Å². The van der Waals surface area contributed by atoms with Crippen LogP contribution in [-0.4, -0.2) is 6.54 Å². The lowest BCUT2D eigenvalue weighted by molar-refractivity contribution is 0.554. The van der Waals surface area contributed by atoms with Crippen LogP contribution in [0, 0.1) is 12.7 Å². The zero-order valence-electron chi connectivity index (χ0n) is 10.0. The van der Waals surface area contributed by atoms with Gasteiger partial charge in [-0.25, -0.2) is 4.39 Å². The zero-order chi connectivity index (χ0) is 12.3. The van der Waals surface area contributed by atoms with Gasteiger partial charge in [-0.3, -0.25) is 0 Å². The third-order valence-corrected chi connectivity index (χ3v) is 3.52. The molecule has 1 N–H and O–H groups in total. The zero-order valence-corrected chi connectivity index (χ0v) is 10.9. The van der Waals surface area contributed by atoms with E-state index in [9.17, 15) is 4.39 Å². The van der Waals surface area contributed by atoms with Crippen LogP contribution in [0.15, 0.2) is 35.0 Å². The summed E-state index contributed by atoms with van der Waals surface area (Å²) in [6.45, 7) is 4.65. The van der Waals surface area contributed by atoms with Crippen LogP contribution in [0.1, 0.15) is 29.7 Å². The van der Waals surface area contributed by atoms with Crippen LogP contribution in [0.25, 0.3) is 0 Å². The number of halogens is 1. The Morgan fingerprint density at radius 1 is 1.35 bits per heavy atom. The predicted molar refractivity (Wildman–Crippen MR) is 71.0 cm³/mol. The summed E-state index contributed by atoms with van der Waals surface area (Å²) in [6.07, 6.45) is 0. The average Bonchev–Trinajstić information content (AvgIpc) is 2.84. The van der Waals surface area contributed by atoms with Crippen LogP contribution in [0.4, 0.5) is 4.39 Å². The Hall–Kier alpha value is -1.19. The lowest BCUT2D eigenvalue weighted by Gasteiger charge is -2.18. The first-order valence-corrected chi connectivity index (χ1v) is 6.68. The summed E-state index contributed by atoms with van der Waals surface area (Å²) in [4.78, 5) is 0. The number of benzene rings is 1. The van der Waals surface area contributed by atoms with Crippen molar-refractivity contribution in [3.8, 4) is 0 Å². The normalized spacial score (nSPS) is 12.6. The predicted octanol–water partition coefficient (Wildman–Crippen LogP) is 3.89. The van der Waals surface area contributed by atoms with Gasteiger partial charge in [-0.15, -0.1) is 0 Å². The molecule has 0 aliphatic heterocycles. The second-order valence-corrected chi connectivity index (χ2v) is 4.81. The SMILES string of the molecule is CCNC(c1ccsc1)c1cccc(C)c1F. The van der Waals surface area contributed by atoms with Crippen LogP contribution < -0.4 is 5.32 Å². The molecule has 2 aromatic rings. The minimum absolute atomic E-state index is 0.0499. The fourth-order valence-corrected chi connectivity index (χ4v) is 2.63. The van der Waals surface area contributed by atoms with Crippen molar-refractivity contribution in [2.24, 2.45) is 0 Å². The first kappa shape index (κ1) is 12.3. The highest BCUT2D eigenvalue weighted by Gasteiger charge is 2.17. The van der Waals surface area contributed by atoms with Crippen molar-refractivity contribution in [1.82, 2.24) is 5.32 Å². The molecule has 3 heteroatoms. The minimum Gasteiger partial charge on any atom is -0.306 e. The van der Waals surface area contributed by atoms with E-state index in [2.05, 4.69) is 10.7 Å². The van der Waals surface area contributed by atoms with Gasteiger partial charge in [0, 0.05) is 5.56 Å². The fourth-order valence-electron chi connectivity index (χ4n) is 1.94. The summed E-state index contributed by atoms with van der Waals surface area (Å²) >= 11 is 1.64. The molecule has 1 aromatic carbocycles. The van der Waals surface area contributed by atoms with E-state index in [4.69, 9.17) is 0 Å². The van der Waals surface area contributed by atoms with Crippen LogP contribution >= 0.6 is 11.3 Å². The molecular weight excluding hydrogens is 233 g/mol. The lowest BCUT2D eigenvalue weighted by Crippen LogP contribution is -2.22. The number of nitrogens with one attached hydrogen (secondary N) is 1. The molecule has 0 fully saturated rings. The molecular formula is C14H16FNS. The molecule has 1 atom stereocenters. The smallest absolute Gasteiger partial charge is 0.131 e. The summed E-state index contributed by atoms with van der Waals surface area (Å²) in [6, 6.07) is 7.55. The maximum atomic E-state index is 14.1. The Morgan fingerprint density at radius 2 is 2.18 bits per heavy atom. The first-order valence-electron chi connectivity index (χ1n) is 5.74. The summed E-state index contributed by atoms with van der Waals surface area (Å²) < 4.78 is 14.1. The Labute approximate surface area is 105 Å². The summed E-state index contributed by atoms with van der Waals surface area (Å²) in [5.74, 6) is -0.107. The second kappa shape index (κ2) is 5.43. The van der Waals surface area contributed by atoms with Gasteiger partial charge >= 0.3 is 0 Å². The quantitative estimate of drug-likeness (QED) is 0.866. The first-order chi connectivity index (χ1) is 8.24. The van der Waals surface area contributed by atoms with Gasteiger partial charge in [0.2, 0.25) is 0 Å². The van der Waals surface area contributed by atoms with E-state index < -0.39 is 0 Å². The van der Waals surface area contributed by atoms with Crippen LogP contribution in [-0.2, 0) is 0 Å². The van der Waals surface area contributed by atoms with Crippen molar-refractivity contribution < 1.29 is 4.39 Å². The van der Waals surface area contributed by atoms with Crippen molar-refractivity contribution in [1.29, 1.82) is 0 Å². The third-order valence-electron chi connectivity index (χ3n) is 2.82. The second-order valence-electron chi connectivity index (χ2n) is 4.03. The van der Waals surface area contributed by atoms with Gasteiger partial charge in [0.15, 0.2) is 0 Å². The van der Waals surface area contributed by atoms with E-state index >= 15 is 0 Å². The molecule has 17 heavy (non-hydrogen) atoms. The molecule has 0 radical (unpaired) electrons. The molecule has 0 spiro atoms. The standard InChI is InChI=1S/C14H16FNS/c1-3-16-14(11-7-8-17-9-11)12-6-4-5-10(2)13(12)15/h4-9,14,16H,3H2,1-2H3. The number of hydrogen-bond donors (Lipinski definition) is 1. The average molecular weight is 249 g/mol. The summed E-state index contributed by atoms with van der Waals surface area (Å²) in [5.41, 5.74) is 2.55. The number of rotatable bonds is 4. The number of thiophene rings is 1. The van der Waals surface area contributed by atoms with E-state index in [1.165, 1.54) is 0 Å². The molecule has 0 aliphatic rings. The van der Waals surface area contributed by atoms with E-state index in [1.54, 1.807) is 24.3 Å². The Balaban J connectivity index is 2.43. The van der Waals surface area contributed by atoms with E-state index in [0.717, 1.165) is 17.7 Å². The highest BCUT2D eigenvalue weighted by molar-refractivity contribution is 7.08. The Bertz CT molecular complexity index is 479. The van der Waals surface area contributed by atoms with Crippen molar-refractivity contribution in [2.75, 3.05) is 6.54 Å². The Kier molecular flexibility index (Phi) is 3.92. The number of aryl methyl sites for hydroxylation is 1. The topological polar surface area (TPSA) is 12.0 Å². The van der Waals surface area contributed by atoms with Crippen molar-refractivity contribution >= 4 is 11.3 Å². The minimum atomic E-state index is -0.107. The van der Waals surface area contributed by atoms with E-state index in [-0.39, 0.29) is 11.9 Å². The molecule has 1 aromatic heterocycles. The number of hydrogen-bond acceptors (Lipinski definition) is 2. The third kappa shape index (κ3) is 2.56. The molecule has 0 aliphatic carbocycles. The molecule has 2 rings (SSSR count). The van der Waals surface area contributed by atoms with Gasteiger partial charge in [0.25, 0.3) is 0 Å². The molecule has 0 bridgehead atoms. The van der Waals surface area contributed by atoms with Gasteiger partial charge in [0.1, 0.15) is 5.82 Å². The molecule has 1 heterocycles. The fraction of sp³-hybridized carbons (Fsp3) is 0.286. The monoisotopic (exact) mass is 249 g/mol. The van der Waals surface area contributed by atoms with Crippen molar-refractivity contribution in [3.05, 3.63) is 57.5 Å². The lowest BCUT2D eigenvalue weighted by atomic mass is 9.99. The van der Waals surface area contributed by atoms with Gasteiger partial charge in [-0.1, -0.05) is 25.1 Å². The van der Waals surface area contributed by atoms with Gasteiger partial charge in [0.05, 0.1) is 6.04 Å². The van der Waals surface area contributed by atoms with Crippen molar-refractivity contribution in [3.63, 3.8) is 0 Å². The van der Waals surface area contributed by atoms with E-state index in [1.807, 2.05) is 30.5 Å². The summed E-state index contributed by atoms with van der Waals surface area (Å²) in [5, 5.41) is 7.42. The molecule has 1 unspecified atom stereocenters. The largest absolute Gasteiger partial charge is 0.306 e. The summed E-state index contributed by atoms with van der Waals surface area (Å²) in [7, 11) is 0. The highest BCUT2D eigenvalue weighted by atomic mass is 32.1. The molecule has 0 amide bonds. The maximum absolute atomic E-state index is 14.1. The highest BCUT2D eigenvalue weighted by Crippen LogP contribution is 2.27. The Morgan fingerprint density at radius 3 is 2.82 bits per heavy atom. The van der Waals surface area contributed by atoms with Crippen LogP contribution in [0.3, 0.4) is 0 Å².